The first-order chi connectivity index (χ1) is 11.9. The number of carbonyl (C=O) groups is 1. The number of hydrogen-bond acceptors (Lipinski definition) is 5. The zero-order chi connectivity index (χ0) is 17.9. The molecule has 3 rings (SSSR count). The van der Waals surface area contributed by atoms with Gasteiger partial charge in [0.2, 0.25) is 10.0 Å². The van der Waals surface area contributed by atoms with Crippen LogP contribution in [0.25, 0.3) is 0 Å². The maximum atomic E-state index is 12.6. The Balaban J connectivity index is 1.65. The number of nitrogens with zero attached hydrogens (tertiary/aromatic N) is 4. The lowest BCUT2D eigenvalue weighted by Crippen LogP contribution is -2.49. The van der Waals surface area contributed by atoms with Gasteiger partial charge in [0.05, 0.1) is 19.0 Å². The molecule has 0 spiro atoms. The Morgan fingerprint density at radius 3 is 2.80 bits per heavy atom. The number of rotatable bonds is 5. The van der Waals surface area contributed by atoms with Crippen LogP contribution in [0.4, 0.5) is 0 Å². The first-order valence-electron chi connectivity index (χ1n) is 8.11. The third-order valence-electron chi connectivity index (χ3n) is 4.03. The number of likely N-dealkylation sites (tertiary alicyclic amines) is 1. The number of aromatic nitrogens is 3. The first-order valence-corrected chi connectivity index (χ1v) is 10.0. The van der Waals surface area contributed by atoms with Crippen LogP contribution >= 0.6 is 0 Å². The van der Waals surface area contributed by atoms with Crippen molar-refractivity contribution < 1.29 is 13.2 Å². The SMILES string of the molecule is CS(=O)(=O)NC1CCCN(C(=O)c2cn(Cc3ccccc3)nn2)C1. The highest BCUT2D eigenvalue weighted by Gasteiger charge is 2.27. The van der Waals surface area contributed by atoms with Crippen molar-refractivity contribution in [2.45, 2.75) is 25.4 Å². The lowest BCUT2D eigenvalue weighted by atomic mass is 10.1. The minimum Gasteiger partial charge on any atom is -0.336 e. The van der Waals surface area contributed by atoms with E-state index in [9.17, 15) is 13.2 Å². The molecule has 0 aliphatic carbocycles. The molecule has 1 amide bonds. The lowest BCUT2D eigenvalue weighted by molar-refractivity contribution is 0.0697. The normalized spacial score (nSPS) is 18.3. The molecule has 1 aliphatic rings. The van der Waals surface area contributed by atoms with Gasteiger partial charge in [-0.15, -0.1) is 5.10 Å². The number of hydrogen-bond donors (Lipinski definition) is 1. The summed E-state index contributed by atoms with van der Waals surface area (Å²) in [7, 11) is -3.29. The molecule has 0 radical (unpaired) electrons. The van der Waals surface area contributed by atoms with Gasteiger partial charge in [-0.3, -0.25) is 4.79 Å². The maximum absolute atomic E-state index is 12.6. The molecule has 0 saturated carbocycles. The summed E-state index contributed by atoms with van der Waals surface area (Å²) in [4.78, 5) is 14.2. The quantitative estimate of drug-likeness (QED) is 0.833. The van der Waals surface area contributed by atoms with Crippen LogP contribution in [0.5, 0.6) is 0 Å². The average Bonchev–Trinajstić information content (AvgIpc) is 3.02. The summed E-state index contributed by atoms with van der Waals surface area (Å²) in [6.07, 6.45) is 4.22. The zero-order valence-corrected chi connectivity index (χ0v) is 14.8. The highest BCUT2D eigenvalue weighted by molar-refractivity contribution is 7.88. The van der Waals surface area contributed by atoms with Crippen molar-refractivity contribution in [3.8, 4) is 0 Å². The van der Waals surface area contributed by atoms with E-state index in [1.54, 1.807) is 15.8 Å². The summed E-state index contributed by atoms with van der Waals surface area (Å²) in [6, 6.07) is 9.54. The molecule has 1 atom stereocenters. The van der Waals surface area contributed by atoms with E-state index < -0.39 is 10.0 Å². The van der Waals surface area contributed by atoms with Crippen molar-refractivity contribution in [3.05, 3.63) is 47.8 Å². The van der Waals surface area contributed by atoms with E-state index in [4.69, 9.17) is 0 Å². The summed E-state index contributed by atoms with van der Waals surface area (Å²) >= 11 is 0. The highest BCUT2D eigenvalue weighted by Crippen LogP contribution is 2.13. The Morgan fingerprint density at radius 1 is 1.32 bits per heavy atom. The Bertz CT molecular complexity index is 834. The molecular formula is C16H21N5O3S. The number of nitrogens with one attached hydrogen (secondary N) is 1. The highest BCUT2D eigenvalue weighted by atomic mass is 32.2. The van der Waals surface area contributed by atoms with Gasteiger partial charge in [-0.25, -0.2) is 17.8 Å². The van der Waals surface area contributed by atoms with E-state index in [2.05, 4.69) is 15.0 Å². The molecule has 1 aromatic heterocycles. The monoisotopic (exact) mass is 363 g/mol. The van der Waals surface area contributed by atoms with E-state index in [0.717, 1.165) is 24.7 Å². The van der Waals surface area contributed by atoms with Gasteiger partial charge in [0.25, 0.3) is 5.91 Å². The van der Waals surface area contributed by atoms with Crippen LogP contribution in [0.3, 0.4) is 0 Å². The Labute approximate surface area is 146 Å². The summed E-state index contributed by atoms with van der Waals surface area (Å²) in [5.74, 6) is -0.223. The Hall–Kier alpha value is -2.26. The second-order valence-corrected chi connectivity index (χ2v) is 8.05. The predicted molar refractivity (Wildman–Crippen MR) is 92.5 cm³/mol. The third-order valence-corrected chi connectivity index (χ3v) is 4.80. The third kappa shape index (κ3) is 4.86. The molecule has 1 aromatic carbocycles. The molecular weight excluding hydrogens is 342 g/mol. The fourth-order valence-electron chi connectivity index (χ4n) is 2.97. The Kier molecular flexibility index (Phi) is 5.14. The van der Waals surface area contributed by atoms with Gasteiger partial charge < -0.3 is 4.90 Å². The Morgan fingerprint density at radius 2 is 2.08 bits per heavy atom. The van der Waals surface area contributed by atoms with Crippen molar-refractivity contribution in [1.29, 1.82) is 0 Å². The van der Waals surface area contributed by atoms with Crippen molar-refractivity contribution in [2.24, 2.45) is 0 Å². The van der Waals surface area contributed by atoms with Gasteiger partial charge in [0, 0.05) is 19.1 Å². The molecule has 134 valence electrons. The van der Waals surface area contributed by atoms with E-state index in [0.29, 0.717) is 19.6 Å². The number of carbonyl (C=O) groups excluding carboxylic acids is 1. The van der Waals surface area contributed by atoms with Crippen LogP contribution in [0.2, 0.25) is 0 Å². The van der Waals surface area contributed by atoms with Crippen molar-refractivity contribution >= 4 is 15.9 Å². The summed E-state index contributed by atoms with van der Waals surface area (Å²) in [6.45, 7) is 1.48. The standard InChI is InChI=1S/C16H21N5O3S/c1-25(23,24)18-14-8-5-9-20(11-14)16(22)15-12-21(19-17-15)10-13-6-3-2-4-7-13/h2-4,6-7,12,14,18H,5,8-11H2,1H3. The van der Waals surface area contributed by atoms with Crippen LogP contribution < -0.4 is 4.72 Å². The molecule has 25 heavy (non-hydrogen) atoms. The van der Waals surface area contributed by atoms with Crippen LogP contribution in [0.1, 0.15) is 28.9 Å². The summed E-state index contributed by atoms with van der Waals surface area (Å²) < 4.78 is 27.0. The second kappa shape index (κ2) is 7.32. The molecule has 0 bridgehead atoms. The largest absolute Gasteiger partial charge is 0.336 e. The molecule has 1 saturated heterocycles. The van der Waals surface area contributed by atoms with Gasteiger partial charge >= 0.3 is 0 Å². The maximum Gasteiger partial charge on any atom is 0.276 e. The summed E-state index contributed by atoms with van der Waals surface area (Å²) in [5.41, 5.74) is 1.35. The summed E-state index contributed by atoms with van der Waals surface area (Å²) in [5, 5.41) is 7.98. The van der Waals surface area contributed by atoms with Crippen LogP contribution in [0, 0.1) is 0 Å². The van der Waals surface area contributed by atoms with Crippen LogP contribution in [-0.2, 0) is 16.6 Å². The molecule has 8 nitrogen and oxygen atoms in total. The van der Waals surface area contributed by atoms with E-state index in [1.807, 2.05) is 30.3 Å². The lowest BCUT2D eigenvalue weighted by Gasteiger charge is -2.32. The van der Waals surface area contributed by atoms with E-state index >= 15 is 0 Å². The van der Waals surface area contributed by atoms with Gasteiger partial charge in [0.15, 0.2) is 5.69 Å². The van der Waals surface area contributed by atoms with Crippen molar-refractivity contribution in [1.82, 2.24) is 24.6 Å². The molecule has 9 heteroatoms. The zero-order valence-electron chi connectivity index (χ0n) is 14.0. The molecule has 1 fully saturated rings. The fourth-order valence-corrected chi connectivity index (χ4v) is 3.76. The molecule has 1 unspecified atom stereocenters. The molecule has 1 aliphatic heterocycles. The minimum atomic E-state index is -3.29. The topological polar surface area (TPSA) is 97.2 Å². The van der Waals surface area contributed by atoms with Crippen molar-refractivity contribution in [3.63, 3.8) is 0 Å². The second-order valence-electron chi connectivity index (χ2n) is 6.27. The van der Waals surface area contributed by atoms with Gasteiger partial charge in [0.1, 0.15) is 0 Å². The molecule has 1 N–H and O–H groups in total. The van der Waals surface area contributed by atoms with E-state index in [-0.39, 0.29) is 17.6 Å². The predicted octanol–water partition coefficient (Wildman–Crippen LogP) is 0.480. The number of piperidine rings is 1. The number of amides is 1. The van der Waals surface area contributed by atoms with Gasteiger partial charge in [-0.2, -0.15) is 0 Å². The van der Waals surface area contributed by atoms with Crippen LogP contribution in [-0.4, -0.2) is 59.6 Å². The van der Waals surface area contributed by atoms with Gasteiger partial charge in [-0.05, 0) is 18.4 Å². The van der Waals surface area contributed by atoms with Crippen molar-refractivity contribution in [2.75, 3.05) is 19.3 Å². The van der Waals surface area contributed by atoms with Crippen LogP contribution in [0.15, 0.2) is 36.5 Å². The van der Waals surface area contributed by atoms with Gasteiger partial charge in [-0.1, -0.05) is 35.5 Å². The number of benzene rings is 1. The molecule has 2 aromatic rings. The van der Waals surface area contributed by atoms with E-state index in [1.165, 1.54) is 0 Å². The average molecular weight is 363 g/mol. The number of sulfonamides is 1. The molecule has 2 heterocycles. The fraction of sp³-hybridized carbons (Fsp3) is 0.438. The first kappa shape index (κ1) is 17.6. The smallest absolute Gasteiger partial charge is 0.276 e. The minimum absolute atomic E-state index is 0.223.